The molecule has 0 saturated heterocycles. The molecule has 5 atom stereocenters. The normalized spacial score (nSPS) is 14.0. The number of carbonyl (C=O) groups is 4. The van der Waals surface area contributed by atoms with Crippen molar-refractivity contribution in [2.45, 2.75) is 412 Å². The maximum absolute atomic E-state index is 13.1. The van der Waals surface area contributed by atoms with Crippen molar-refractivity contribution in [3.8, 4) is 0 Å². The molecule has 94 heavy (non-hydrogen) atoms. The molecule has 0 saturated carbocycles. The van der Waals surface area contributed by atoms with Crippen LogP contribution in [-0.2, 0) is 65.4 Å². The van der Waals surface area contributed by atoms with Crippen molar-refractivity contribution in [1.82, 2.24) is 0 Å². The summed E-state index contributed by atoms with van der Waals surface area (Å²) in [6, 6.07) is 0. The van der Waals surface area contributed by atoms with Gasteiger partial charge in [-0.1, -0.05) is 343 Å². The van der Waals surface area contributed by atoms with E-state index in [1.165, 1.54) is 205 Å². The lowest BCUT2D eigenvalue weighted by molar-refractivity contribution is -0.161. The molecule has 0 spiro atoms. The van der Waals surface area contributed by atoms with E-state index in [9.17, 15) is 43.2 Å². The van der Waals surface area contributed by atoms with Gasteiger partial charge in [0.1, 0.15) is 19.3 Å². The standard InChI is InChI=1S/C75H146O17P2/c1-6-9-12-15-18-20-22-24-25-26-27-28-29-30-31-33-35-41-46-51-56-61-75(80)92-71(65-86-73(78)59-54-49-44-39-37-36-38-43-47-52-57-68(4)5)67-90-94(83,84)88-63-69(76)62-87-93(81,82)89-66-70(64-85-72(77)58-53-48-42-17-14-11-8-3)91-74(79)60-55-50-45-40-34-32-23-21-19-16-13-10-7-2/h68-71,76H,6-67H2,1-5H3,(H,81,82)(H,83,84)/t69-,70+,71+/m0/s1. The Balaban J connectivity index is 5.15. The van der Waals surface area contributed by atoms with Gasteiger partial charge in [-0.15, -0.1) is 0 Å². The first-order valence-electron chi connectivity index (χ1n) is 39.1. The Labute approximate surface area is 575 Å². The Morgan fingerprint density at radius 3 is 0.723 bits per heavy atom. The number of carbonyl (C=O) groups excluding carboxylic acids is 4. The van der Waals surface area contributed by atoms with Crippen molar-refractivity contribution in [3.63, 3.8) is 0 Å². The Bertz CT molecular complexity index is 1810. The molecule has 2 unspecified atom stereocenters. The van der Waals surface area contributed by atoms with Crippen molar-refractivity contribution >= 4 is 39.5 Å². The van der Waals surface area contributed by atoms with E-state index in [0.717, 1.165) is 109 Å². The molecule has 0 aliphatic rings. The minimum absolute atomic E-state index is 0.107. The highest BCUT2D eigenvalue weighted by Gasteiger charge is 2.30. The van der Waals surface area contributed by atoms with E-state index in [0.29, 0.717) is 25.7 Å². The van der Waals surface area contributed by atoms with E-state index >= 15 is 0 Å². The summed E-state index contributed by atoms with van der Waals surface area (Å²) in [6.07, 6.45) is 57.1. The number of phosphoric acid groups is 2. The number of ether oxygens (including phenoxy) is 4. The molecule has 0 fully saturated rings. The van der Waals surface area contributed by atoms with Gasteiger partial charge < -0.3 is 33.8 Å². The van der Waals surface area contributed by atoms with Crippen LogP contribution in [-0.4, -0.2) is 96.7 Å². The molecule has 0 aromatic heterocycles. The van der Waals surface area contributed by atoms with Crippen LogP contribution in [0.2, 0.25) is 0 Å². The fourth-order valence-corrected chi connectivity index (χ4v) is 13.1. The highest BCUT2D eigenvalue weighted by atomic mass is 31.2. The molecule has 0 aliphatic heterocycles. The lowest BCUT2D eigenvalue weighted by Gasteiger charge is -2.21. The van der Waals surface area contributed by atoms with Crippen molar-refractivity contribution < 1.29 is 80.2 Å². The minimum atomic E-state index is -4.95. The zero-order chi connectivity index (χ0) is 69.1. The van der Waals surface area contributed by atoms with E-state index in [2.05, 4.69) is 34.6 Å². The van der Waals surface area contributed by atoms with Crippen molar-refractivity contribution in [2.24, 2.45) is 5.92 Å². The summed E-state index contributed by atoms with van der Waals surface area (Å²) in [6.45, 7) is 7.24. The van der Waals surface area contributed by atoms with Crippen LogP contribution >= 0.6 is 15.6 Å². The molecule has 17 nitrogen and oxygen atoms in total. The summed E-state index contributed by atoms with van der Waals surface area (Å²) in [5, 5.41) is 10.6. The molecule has 0 bridgehead atoms. The maximum Gasteiger partial charge on any atom is 0.472 e. The number of esters is 4. The van der Waals surface area contributed by atoms with Crippen molar-refractivity contribution in [2.75, 3.05) is 39.6 Å². The smallest absolute Gasteiger partial charge is 0.462 e. The third kappa shape index (κ3) is 68.6. The second kappa shape index (κ2) is 68.2. The summed E-state index contributed by atoms with van der Waals surface area (Å²) in [4.78, 5) is 72.6. The average molecular weight is 1380 g/mol. The predicted octanol–water partition coefficient (Wildman–Crippen LogP) is 22.1. The third-order valence-electron chi connectivity index (χ3n) is 17.5. The number of aliphatic hydroxyl groups is 1. The molecule has 0 radical (unpaired) electrons. The van der Waals surface area contributed by atoms with Crippen LogP contribution in [0.1, 0.15) is 394 Å². The minimum Gasteiger partial charge on any atom is -0.462 e. The van der Waals surface area contributed by atoms with Gasteiger partial charge in [-0.25, -0.2) is 9.13 Å². The monoisotopic (exact) mass is 1380 g/mol. The van der Waals surface area contributed by atoms with E-state index in [1.807, 2.05) is 0 Å². The highest BCUT2D eigenvalue weighted by molar-refractivity contribution is 7.47. The van der Waals surface area contributed by atoms with Crippen LogP contribution in [0.25, 0.3) is 0 Å². The summed E-state index contributed by atoms with van der Waals surface area (Å²) in [5.74, 6) is -1.36. The largest absolute Gasteiger partial charge is 0.472 e. The van der Waals surface area contributed by atoms with E-state index in [4.69, 9.17) is 37.0 Å². The second-order valence-electron chi connectivity index (χ2n) is 27.5. The Morgan fingerprint density at radius 1 is 0.287 bits per heavy atom. The first-order valence-corrected chi connectivity index (χ1v) is 42.1. The van der Waals surface area contributed by atoms with Gasteiger partial charge in [0.15, 0.2) is 12.2 Å². The topological polar surface area (TPSA) is 237 Å². The molecule has 3 N–H and O–H groups in total. The molecule has 0 aromatic rings. The molecule has 0 heterocycles. The van der Waals surface area contributed by atoms with Crippen LogP contribution < -0.4 is 0 Å². The fourth-order valence-electron chi connectivity index (χ4n) is 11.5. The number of hydrogen-bond acceptors (Lipinski definition) is 15. The zero-order valence-corrected chi connectivity index (χ0v) is 62.9. The fraction of sp³-hybridized carbons (Fsp3) is 0.947. The van der Waals surface area contributed by atoms with Gasteiger partial charge in [-0.3, -0.25) is 37.3 Å². The maximum atomic E-state index is 13.1. The summed E-state index contributed by atoms with van der Waals surface area (Å²) in [5.41, 5.74) is 0. The van der Waals surface area contributed by atoms with Gasteiger partial charge in [0.05, 0.1) is 26.4 Å². The van der Waals surface area contributed by atoms with Gasteiger partial charge in [0.2, 0.25) is 0 Å². The summed E-state index contributed by atoms with van der Waals surface area (Å²) in [7, 11) is -9.90. The van der Waals surface area contributed by atoms with Crippen LogP contribution in [0.15, 0.2) is 0 Å². The molecule has 0 amide bonds. The first-order chi connectivity index (χ1) is 45.5. The zero-order valence-electron chi connectivity index (χ0n) is 61.1. The average Bonchev–Trinajstić information content (AvgIpc) is 2.93. The third-order valence-corrected chi connectivity index (χ3v) is 19.4. The van der Waals surface area contributed by atoms with Crippen LogP contribution in [0, 0.1) is 5.92 Å². The van der Waals surface area contributed by atoms with Gasteiger partial charge in [0.25, 0.3) is 0 Å². The van der Waals surface area contributed by atoms with Crippen molar-refractivity contribution in [3.05, 3.63) is 0 Å². The SMILES string of the molecule is CCCCCCCCCCCCCCCCCCCCCCCC(=O)O[C@H](COC(=O)CCCCCCCCCCCCC(C)C)COP(=O)(O)OC[C@@H](O)COP(=O)(O)OC[C@@H](COC(=O)CCCCCCCCC)OC(=O)CCCCCCCCCCCCCCC. The molecule has 558 valence electrons. The Morgan fingerprint density at radius 2 is 0.489 bits per heavy atom. The van der Waals surface area contributed by atoms with E-state index < -0.39 is 97.5 Å². The van der Waals surface area contributed by atoms with Gasteiger partial charge >= 0.3 is 39.5 Å². The number of aliphatic hydroxyl groups excluding tert-OH is 1. The van der Waals surface area contributed by atoms with Gasteiger partial charge in [-0.2, -0.15) is 0 Å². The molecule has 0 rings (SSSR count). The molecule has 19 heteroatoms. The highest BCUT2D eigenvalue weighted by Crippen LogP contribution is 2.45. The molecular weight excluding hydrogens is 1230 g/mol. The van der Waals surface area contributed by atoms with E-state index in [1.54, 1.807) is 0 Å². The second-order valence-corrected chi connectivity index (χ2v) is 30.4. The van der Waals surface area contributed by atoms with Crippen LogP contribution in [0.4, 0.5) is 0 Å². The Hall–Kier alpha value is -1.94. The summed E-state index contributed by atoms with van der Waals surface area (Å²) >= 11 is 0. The number of hydrogen-bond donors (Lipinski definition) is 3. The van der Waals surface area contributed by atoms with Crippen molar-refractivity contribution in [1.29, 1.82) is 0 Å². The number of unbranched alkanes of at least 4 members (excludes halogenated alkanes) is 47. The van der Waals surface area contributed by atoms with Gasteiger partial charge in [0, 0.05) is 25.7 Å². The molecule has 0 aliphatic carbocycles. The predicted molar refractivity (Wildman–Crippen MR) is 382 cm³/mol. The molecular formula is C75H146O17P2. The lowest BCUT2D eigenvalue weighted by Crippen LogP contribution is -2.30. The first kappa shape index (κ1) is 92.1. The quantitative estimate of drug-likeness (QED) is 0.0222. The van der Waals surface area contributed by atoms with E-state index in [-0.39, 0.29) is 25.7 Å². The van der Waals surface area contributed by atoms with Gasteiger partial charge in [-0.05, 0) is 31.6 Å². The van der Waals surface area contributed by atoms with Crippen LogP contribution in [0.5, 0.6) is 0 Å². The molecule has 0 aromatic carbocycles. The lowest BCUT2D eigenvalue weighted by atomic mass is 10.0. The summed E-state index contributed by atoms with van der Waals surface area (Å²) < 4.78 is 68.4. The number of phosphoric ester groups is 2. The Kier molecular flexibility index (Phi) is 66.8. The van der Waals surface area contributed by atoms with Crippen LogP contribution in [0.3, 0.4) is 0 Å². The number of rotatable bonds is 75.